The Balaban J connectivity index is 1.35. The van der Waals surface area contributed by atoms with Crippen molar-refractivity contribution in [3.63, 3.8) is 0 Å². The van der Waals surface area contributed by atoms with Crippen LogP contribution < -0.4 is 4.74 Å². The molecule has 5 heteroatoms. The Hall–Kier alpha value is -4.64. The number of benzene rings is 3. The van der Waals surface area contributed by atoms with Gasteiger partial charge < -0.3 is 4.74 Å². The predicted molar refractivity (Wildman–Crippen MR) is 213 cm³/mol. The second kappa shape index (κ2) is 14.2. The summed E-state index contributed by atoms with van der Waals surface area (Å²) in [6.45, 7) is 18.3. The molecule has 3 aromatic heterocycles. The minimum atomic E-state index is -0.0779. The number of pyridine rings is 1. The number of hydrogen-bond acceptors (Lipinski definition) is 3. The molecule has 1 aliphatic carbocycles. The van der Waals surface area contributed by atoms with Gasteiger partial charge in [0.25, 0.3) is 0 Å². The molecular weight excluding hydrogens is 625 g/mol. The minimum Gasteiger partial charge on any atom is -0.457 e. The van der Waals surface area contributed by atoms with Gasteiger partial charge in [0.15, 0.2) is 0 Å². The van der Waals surface area contributed by atoms with E-state index in [1.165, 1.54) is 51.6 Å². The molecule has 0 fully saturated rings. The van der Waals surface area contributed by atoms with Crippen molar-refractivity contribution in [3.8, 4) is 23.0 Å². The van der Waals surface area contributed by atoms with Crippen molar-refractivity contribution >= 4 is 21.8 Å². The summed E-state index contributed by atoms with van der Waals surface area (Å²) >= 11 is 0. The van der Waals surface area contributed by atoms with E-state index in [0.29, 0.717) is 11.8 Å². The molecule has 6 aromatic rings. The summed E-state index contributed by atoms with van der Waals surface area (Å²) in [5.74, 6) is 3.57. The van der Waals surface area contributed by atoms with Crippen LogP contribution in [-0.2, 0) is 18.3 Å². The van der Waals surface area contributed by atoms with E-state index in [-0.39, 0.29) is 5.41 Å². The zero-order chi connectivity index (χ0) is 35.9. The third-order valence-electron chi connectivity index (χ3n) is 10.9. The summed E-state index contributed by atoms with van der Waals surface area (Å²) in [7, 11) is 0. The second-order valence-corrected chi connectivity index (χ2v) is 15.8. The van der Waals surface area contributed by atoms with Crippen molar-refractivity contribution in [2.45, 2.75) is 112 Å². The van der Waals surface area contributed by atoms with Gasteiger partial charge in [-0.05, 0) is 111 Å². The molecule has 0 bridgehead atoms. The standard InChI is InChI=1S/C46H54N4O/c1-9-11-19-41-45(44-30(3)16-14-17-31(44)4)32(5)48-50(41)35-26-34(46(6,7)8)27-37(28-35)51-36-21-22-39-38-18-12-13-20-40(38)49(42(39)29-36)43-25-33(15-10-2)23-24-47-43/h12-13,16,18,20-29,31,44H,9-11,14-15,17,19H2,1-8H3/t31-,44-/m0/s1. The number of rotatable bonds is 10. The number of fused-ring (bicyclic) bond motifs is 3. The molecule has 1 aliphatic rings. The van der Waals surface area contributed by atoms with E-state index in [0.717, 1.165) is 71.8 Å². The second-order valence-electron chi connectivity index (χ2n) is 15.8. The monoisotopic (exact) mass is 678 g/mol. The fraction of sp³-hybridized carbons (Fsp3) is 0.391. The molecule has 264 valence electrons. The lowest BCUT2D eigenvalue weighted by atomic mass is 9.75. The Morgan fingerprint density at radius 1 is 0.843 bits per heavy atom. The van der Waals surface area contributed by atoms with Crippen LogP contribution in [-0.4, -0.2) is 19.3 Å². The average Bonchev–Trinajstić information content (AvgIpc) is 3.61. The highest BCUT2D eigenvalue weighted by Crippen LogP contribution is 2.43. The third-order valence-corrected chi connectivity index (χ3v) is 10.9. The molecule has 3 heterocycles. The molecule has 0 amide bonds. The van der Waals surface area contributed by atoms with Crippen LogP contribution in [0.25, 0.3) is 33.3 Å². The van der Waals surface area contributed by atoms with E-state index in [2.05, 4.69) is 144 Å². The number of hydrogen-bond donors (Lipinski definition) is 0. The Morgan fingerprint density at radius 2 is 1.65 bits per heavy atom. The summed E-state index contributed by atoms with van der Waals surface area (Å²) in [5, 5.41) is 7.70. The van der Waals surface area contributed by atoms with E-state index in [9.17, 15) is 0 Å². The molecule has 0 saturated heterocycles. The number of unbranched alkanes of at least 4 members (excludes halogenated alkanes) is 1. The highest BCUT2D eigenvalue weighted by Gasteiger charge is 2.31. The van der Waals surface area contributed by atoms with Crippen molar-refractivity contribution in [2.24, 2.45) is 5.92 Å². The van der Waals surface area contributed by atoms with Crippen LogP contribution in [0.2, 0.25) is 0 Å². The van der Waals surface area contributed by atoms with Gasteiger partial charge in [-0.3, -0.25) is 4.57 Å². The highest BCUT2D eigenvalue weighted by molar-refractivity contribution is 6.09. The third kappa shape index (κ3) is 6.76. The van der Waals surface area contributed by atoms with E-state index >= 15 is 0 Å². The van der Waals surface area contributed by atoms with Gasteiger partial charge in [0, 0.05) is 46.3 Å². The first-order valence-corrected chi connectivity index (χ1v) is 19.1. The van der Waals surface area contributed by atoms with Crippen LogP contribution in [0.3, 0.4) is 0 Å². The highest BCUT2D eigenvalue weighted by atomic mass is 16.5. The topological polar surface area (TPSA) is 44.9 Å². The molecular formula is C46H54N4O. The first-order chi connectivity index (χ1) is 24.6. The smallest absolute Gasteiger partial charge is 0.137 e. The molecule has 0 saturated carbocycles. The summed E-state index contributed by atoms with van der Waals surface area (Å²) in [4.78, 5) is 4.85. The van der Waals surface area contributed by atoms with Gasteiger partial charge >= 0.3 is 0 Å². The number of para-hydroxylation sites is 1. The quantitative estimate of drug-likeness (QED) is 0.135. The van der Waals surface area contributed by atoms with Crippen molar-refractivity contribution < 1.29 is 4.74 Å². The van der Waals surface area contributed by atoms with Crippen LogP contribution in [0, 0.1) is 12.8 Å². The molecule has 51 heavy (non-hydrogen) atoms. The van der Waals surface area contributed by atoms with E-state index in [1.807, 2.05) is 6.20 Å². The van der Waals surface area contributed by atoms with E-state index in [4.69, 9.17) is 14.8 Å². The Kier molecular flexibility index (Phi) is 9.67. The van der Waals surface area contributed by atoms with Crippen LogP contribution >= 0.6 is 0 Å². The minimum absolute atomic E-state index is 0.0779. The van der Waals surface area contributed by atoms with Crippen LogP contribution in [0.1, 0.15) is 115 Å². The molecule has 0 unspecified atom stereocenters. The van der Waals surface area contributed by atoms with Gasteiger partial charge in [0.05, 0.1) is 22.4 Å². The maximum atomic E-state index is 6.86. The van der Waals surface area contributed by atoms with Crippen LogP contribution in [0.4, 0.5) is 0 Å². The van der Waals surface area contributed by atoms with Gasteiger partial charge in [-0.1, -0.05) is 84.2 Å². The molecule has 0 N–H and O–H groups in total. The van der Waals surface area contributed by atoms with Gasteiger partial charge in [-0.25, -0.2) is 9.67 Å². The molecule has 3 aromatic carbocycles. The number of nitrogens with zero attached hydrogens (tertiary/aromatic N) is 4. The maximum absolute atomic E-state index is 6.86. The van der Waals surface area contributed by atoms with Gasteiger partial charge in [-0.2, -0.15) is 5.10 Å². The molecule has 0 aliphatic heterocycles. The van der Waals surface area contributed by atoms with Crippen molar-refractivity contribution in [2.75, 3.05) is 0 Å². The lowest BCUT2D eigenvalue weighted by molar-refractivity contribution is 0.446. The van der Waals surface area contributed by atoms with Crippen molar-refractivity contribution in [3.05, 3.63) is 119 Å². The Bertz CT molecular complexity index is 2230. The lowest BCUT2D eigenvalue weighted by Gasteiger charge is -2.30. The first kappa shape index (κ1) is 34.8. The van der Waals surface area contributed by atoms with Crippen LogP contribution in [0.5, 0.6) is 11.5 Å². The molecule has 2 atom stereocenters. The van der Waals surface area contributed by atoms with Crippen molar-refractivity contribution in [1.29, 1.82) is 0 Å². The van der Waals surface area contributed by atoms with Crippen molar-refractivity contribution in [1.82, 2.24) is 19.3 Å². The molecule has 5 nitrogen and oxygen atoms in total. The molecule has 0 radical (unpaired) electrons. The number of allylic oxidation sites excluding steroid dienone is 2. The molecule has 7 rings (SSSR count). The van der Waals surface area contributed by atoms with E-state index in [1.54, 1.807) is 0 Å². The van der Waals surface area contributed by atoms with Gasteiger partial charge in [-0.15, -0.1) is 0 Å². The zero-order valence-corrected chi connectivity index (χ0v) is 31.9. The largest absolute Gasteiger partial charge is 0.457 e. The van der Waals surface area contributed by atoms with Crippen LogP contribution in [0.15, 0.2) is 90.6 Å². The first-order valence-electron chi connectivity index (χ1n) is 19.1. The van der Waals surface area contributed by atoms with Gasteiger partial charge in [0.2, 0.25) is 0 Å². The average molecular weight is 679 g/mol. The SMILES string of the molecule is CCCCc1c([C@H]2C(C)=CCC[C@@H]2C)c(C)nn1-c1cc(Oc2ccc3c4ccccc4n(-c4cc(CCC)ccn4)c3c2)cc(C(C)(C)C)c1. The normalized spacial score (nSPS) is 16.6. The summed E-state index contributed by atoms with van der Waals surface area (Å²) in [6, 6.07) is 26.1. The number of ether oxygens (including phenoxy) is 1. The lowest BCUT2D eigenvalue weighted by Crippen LogP contribution is -2.17. The maximum Gasteiger partial charge on any atom is 0.137 e. The fourth-order valence-corrected chi connectivity index (χ4v) is 8.24. The summed E-state index contributed by atoms with van der Waals surface area (Å²) in [5.41, 5.74) is 11.1. The Labute approximate surface area is 304 Å². The predicted octanol–water partition coefficient (Wildman–Crippen LogP) is 12.5. The summed E-state index contributed by atoms with van der Waals surface area (Å²) in [6.07, 6.45) is 12.2. The summed E-state index contributed by atoms with van der Waals surface area (Å²) < 4.78 is 11.4. The van der Waals surface area contributed by atoms with E-state index < -0.39 is 0 Å². The molecule has 0 spiro atoms. The van der Waals surface area contributed by atoms with Gasteiger partial charge in [0.1, 0.15) is 17.3 Å². The number of aromatic nitrogens is 4. The zero-order valence-electron chi connectivity index (χ0n) is 31.9. The fourth-order valence-electron chi connectivity index (χ4n) is 8.24. The number of aryl methyl sites for hydroxylation is 2. The Morgan fingerprint density at radius 3 is 2.41 bits per heavy atom.